The molecule has 0 aliphatic heterocycles. The molecule has 0 aliphatic carbocycles. The van der Waals surface area contributed by atoms with Gasteiger partial charge in [-0.15, -0.1) is 0 Å². The van der Waals surface area contributed by atoms with Crippen LogP contribution in [0, 0.1) is 5.92 Å². The summed E-state index contributed by atoms with van der Waals surface area (Å²) in [7, 11) is 0. The molecule has 0 spiro atoms. The smallest absolute Gasteiger partial charge is 0.0526 e. The summed E-state index contributed by atoms with van der Waals surface area (Å²) < 4.78 is 0. The first-order valence-corrected chi connectivity index (χ1v) is 4.46. The molecule has 2 heteroatoms. The summed E-state index contributed by atoms with van der Waals surface area (Å²) in [5.41, 5.74) is 1.11. The first-order valence-electron chi connectivity index (χ1n) is 4.46. The predicted octanol–water partition coefficient (Wildman–Crippen LogP) is 2.54. The maximum absolute atomic E-state index is 4.03. The SMILES string of the molecule is CC[C@H](C)CNc1cccnc1. The molecule has 0 saturated heterocycles. The Morgan fingerprint density at radius 3 is 3.00 bits per heavy atom. The summed E-state index contributed by atoms with van der Waals surface area (Å²) in [6.07, 6.45) is 4.85. The normalized spacial score (nSPS) is 12.5. The van der Waals surface area contributed by atoms with Crippen LogP contribution in [0.2, 0.25) is 0 Å². The molecule has 12 heavy (non-hydrogen) atoms. The zero-order valence-corrected chi connectivity index (χ0v) is 7.75. The van der Waals surface area contributed by atoms with Crippen molar-refractivity contribution in [1.29, 1.82) is 0 Å². The van der Waals surface area contributed by atoms with Crippen molar-refractivity contribution in [2.24, 2.45) is 5.92 Å². The quantitative estimate of drug-likeness (QED) is 0.739. The standard InChI is InChI=1S/C10H16N2/c1-3-9(2)7-12-10-5-4-6-11-8-10/h4-6,8-9,12H,3,7H2,1-2H3/t9-/m0/s1. The maximum atomic E-state index is 4.03. The van der Waals surface area contributed by atoms with Gasteiger partial charge in [0.2, 0.25) is 0 Å². The van der Waals surface area contributed by atoms with Crippen molar-refractivity contribution in [1.82, 2.24) is 4.98 Å². The highest BCUT2D eigenvalue weighted by molar-refractivity contribution is 5.39. The largest absolute Gasteiger partial charge is 0.384 e. The van der Waals surface area contributed by atoms with Crippen molar-refractivity contribution in [3.05, 3.63) is 24.5 Å². The molecule has 1 aromatic rings. The van der Waals surface area contributed by atoms with Gasteiger partial charge in [-0.3, -0.25) is 4.98 Å². The van der Waals surface area contributed by atoms with Gasteiger partial charge in [0.25, 0.3) is 0 Å². The van der Waals surface area contributed by atoms with E-state index in [1.165, 1.54) is 6.42 Å². The molecule has 0 bridgehead atoms. The average molecular weight is 164 g/mol. The molecule has 0 unspecified atom stereocenters. The molecule has 1 heterocycles. The van der Waals surface area contributed by atoms with Crippen LogP contribution in [0.5, 0.6) is 0 Å². The van der Waals surface area contributed by atoms with Gasteiger partial charge in [-0.05, 0) is 18.1 Å². The molecule has 0 fully saturated rings. The van der Waals surface area contributed by atoms with Crippen LogP contribution in [-0.2, 0) is 0 Å². The Kier molecular flexibility index (Phi) is 3.58. The molecule has 0 amide bonds. The van der Waals surface area contributed by atoms with Crippen molar-refractivity contribution in [2.75, 3.05) is 11.9 Å². The van der Waals surface area contributed by atoms with Gasteiger partial charge >= 0.3 is 0 Å². The third kappa shape index (κ3) is 2.91. The number of hydrogen-bond donors (Lipinski definition) is 1. The number of nitrogens with one attached hydrogen (secondary N) is 1. The van der Waals surface area contributed by atoms with Crippen molar-refractivity contribution in [3.63, 3.8) is 0 Å². The van der Waals surface area contributed by atoms with Crippen LogP contribution in [0.1, 0.15) is 20.3 Å². The van der Waals surface area contributed by atoms with Crippen LogP contribution in [-0.4, -0.2) is 11.5 Å². The van der Waals surface area contributed by atoms with Gasteiger partial charge in [0, 0.05) is 18.9 Å². The van der Waals surface area contributed by atoms with E-state index in [9.17, 15) is 0 Å². The van der Waals surface area contributed by atoms with Crippen LogP contribution in [0.15, 0.2) is 24.5 Å². The molecule has 0 radical (unpaired) electrons. The van der Waals surface area contributed by atoms with E-state index < -0.39 is 0 Å². The fourth-order valence-corrected chi connectivity index (χ4v) is 0.904. The number of hydrogen-bond acceptors (Lipinski definition) is 2. The fraction of sp³-hybridized carbons (Fsp3) is 0.500. The molecule has 1 atom stereocenters. The lowest BCUT2D eigenvalue weighted by atomic mass is 10.1. The fourth-order valence-electron chi connectivity index (χ4n) is 0.904. The summed E-state index contributed by atoms with van der Waals surface area (Å²) in [6, 6.07) is 3.98. The maximum Gasteiger partial charge on any atom is 0.0526 e. The van der Waals surface area contributed by atoms with Crippen LogP contribution in [0.25, 0.3) is 0 Å². The van der Waals surface area contributed by atoms with Gasteiger partial charge in [0.15, 0.2) is 0 Å². The van der Waals surface area contributed by atoms with Gasteiger partial charge in [-0.25, -0.2) is 0 Å². The molecule has 0 aromatic carbocycles. The monoisotopic (exact) mass is 164 g/mol. The molecule has 1 aromatic heterocycles. The summed E-state index contributed by atoms with van der Waals surface area (Å²) in [5.74, 6) is 0.727. The van der Waals surface area contributed by atoms with Crippen molar-refractivity contribution in [2.45, 2.75) is 20.3 Å². The van der Waals surface area contributed by atoms with Gasteiger partial charge in [-0.2, -0.15) is 0 Å². The van der Waals surface area contributed by atoms with Gasteiger partial charge in [0.05, 0.1) is 5.69 Å². The lowest BCUT2D eigenvalue weighted by Gasteiger charge is -2.10. The second-order valence-electron chi connectivity index (χ2n) is 3.14. The van der Waals surface area contributed by atoms with Crippen LogP contribution < -0.4 is 5.32 Å². The molecule has 0 saturated carbocycles. The van der Waals surface area contributed by atoms with Gasteiger partial charge < -0.3 is 5.32 Å². The molecule has 1 rings (SSSR count). The minimum atomic E-state index is 0.727. The third-order valence-corrected chi connectivity index (χ3v) is 2.01. The van der Waals surface area contributed by atoms with E-state index in [1.807, 2.05) is 18.3 Å². The minimum absolute atomic E-state index is 0.727. The highest BCUT2D eigenvalue weighted by atomic mass is 14.9. The third-order valence-electron chi connectivity index (χ3n) is 2.01. The Bertz CT molecular complexity index is 208. The Labute approximate surface area is 74.0 Å². The Balaban J connectivity index is 2.33. The molecule has 1 N–H and O–H groups in total. The van der Waals surface area contributed by atoms with E-state index in [2.05, 4.69) is 24.1 Å². The topological polar surface area (TPSA) is 24.9 Å². The number of nitrogens with zero attached hydrogens (tertiary/aromatic N) is 1. The highest BCUT2D eigenvalue weighted by Crippen LogP contribution is 2.05. The zero-order valence-electron chi connectivity index (χ0n) is 7.75. The number of aromatic nitrogens is 1. The minimum Gasteiger partial charge on any atom is -0.384 e. The van der Waals surface area contributed by atoms with E-state index in [1.54, 1.807) is 6.20 Å². The molecular formula is C10H16N2. The lowest BCUT2D eigenvalue weighted by Crippen LogP contribution is -2.10. The van der Waals surface area contributed by atoms with Crippen molar-refractivity contribution in [3.8, 4) is 0 Å². The first-order chi connectivity index (χ1) is 5.83. The van der Waals surface area contributed by atoms with E-state index in [0.29, 0.717) is 0 Å². The van der Waals surface area contributed by atoms with Crippen molar-refractivity contribution >= 4 is 5.69 Å². The van der Waals surface area contributed by atoms with Crippen LogP contribution >= 0.6 is 0 Å². The molecule has 66 valence electrons. The predicted molar refractivity (Wildman–Crippen MR) is 52.2 cm³/mol. The Morgan fingerprint density at radius 2 is 2.42 bits per heavy atom. The summed E-state index contributed by atoms with van der Waals surface area (Å²) in [6.45, 7) is 5.47. The van der Waals surface area contributed by atoms with Crippen LogP contribution in [0.4, 0.5) is 5.69 Å². The number of pyridine rings is 1. The highest BCUT2D eigenvalue weighted by Gasteiger charge is 1.97. The number of anilines is 1. The second kappa shape index (κ2) is 4.75. The first kappa shape index (κ1) is 9.04. The lowest BCUT2D eigenvalue weighted by molar-refractivity contribution is 0.593. The van der Waals surface area contributed by atoms with E-state index in [4.69, 9.17) is 0 Å². The van der Waals surface area contributed by atoms with E-state index in [-0.39, 0.29) is 0 Å². The summed E-state index contributed by atoms with van der Waals surface area (Å²) in [4.78, 5) is 4.03. The number of rotatable bonds is 4. The summed E-state index contributed by atoms with van der Waals surface area (Å²) in [5, 5.41) is 3.33. The zero-order chi connectivity index (χ0) is 8.81. The van der Waals surface area contributed by atoms with Crippen LogP contribution in [0.3, 0.4) is 0 Å². The molecular weight excluding hydrogens is 148 g/mol. The molecule has 2 nitrogen and oxygen atoms in total. The Morgan fingerprint density at radius 1 is 1.58 bits per heavy atom. The van der Waals surface area contributed by atoms with Crippen molar-refractivity contribution < 1.29 is 0 Å². The van der Waals surface area contributed by atoms with Gasteiger partial charge in [0.1, 0.15) is 0 Å². The summed E-state index contributed by atoms with van der Waals surface area (Å²) >= 11 is 0. The van der Waals surface area contributed by atoms with E-state index >= 15 is 0 Å². The van der Waals surface area contributed by atoms with E-state index in [0.717, 1.165) is 18.2 Å². The molecule has 0 aliphatic rings. The van der Waals surface area contributed by atoms with Gasteiger partial charge in [-0.1, -0.05) is 20.3 Å². The Hall–Kier alpha value is -1.05. The average Bonchev–Trinajstić information content (AvgIpc) is 2.16. The second-order valence-corrected chi connectivity index (χ2v) is 3.14.